The Morgan fingerprint density at radius 3 is 1.40 bits per heavy atom. The Hall–Kier alpha value is -3.34. The molecule has 0 heterocycles. The number of carbonyl (C=O) groups excluding carboxylic acids is 2. The Kier molecular flexibility index (Phi) is 38.1. The van der Waals surface area contributed by atoms with Crippen LogP contribution in [-0.2, 0) is 37.5 Å². The fourth-order valence-electron chi connectivity index (χ4n) is 5.18. The lowest BCUT2D eigenvalue weighted by Gasteiger charge is -2.20. The van der Waals surface area contributed by atoms with Gasteiger partial charge in [-0.2, -0.15) is 0 Å². The van der Waals surface area contributed by atoms with Gasteiger partial charge >= 0.3 is 25.7 Å². The number of phosphoric acid groups is 1. The van der Waals surface area contributed by atoms with Crippen LogP contribution in [0, 0.1) is 0 Å². The van der Waals surface area contributed by atoms with Crippen LogP contribution in [0.2, 0.25) is 0 Å². The smallest absolute Gasteiger partial charge is 0.472 e. The molecule has 0 amide bonds. The van der Waals surface area contributed by atoms with Crippen LogP contribution in [0.3, 0.4) is 0 Å². The number of esters is 2. The molecule has 4 N–H and O–H groups in total. The SMILES string of the molecule is CCCCC/C=C\C/C=C\C/C=C\C/C=C\CCCC(=O)OC[C@H](COP(=O)(O)OC[C@H](N)C(=O)O)OC(=O)CCCCCC/C=C\C/C=C\C/C=C\CCCCC. The Morgan fingerprint density at radius 1 is 0.534 bits per heavy atom. The third-order valence-corrected chi connectivity index (χ3v) is 9.57. The summed E-state index contributed by atoms with van der Waals surface area (Å²) in [6.07, 6.45) is 49.4. The summed E-state index contributed by atoms with van der Waals surface area (Å²) in [7, 11) is -4.74. The highest BCUT2D eigenvalue weighted by Crippen LogP contribution is 2.43. The molecule has 0 aliphatic rings. The minimum Gasteiger partial charge on any atom is -0.480 e. The molecule has 11 nitrogen and oxygen atoms in total. The van der Waals surface area contributed by atoms with E-state index in [-0.39, 0.29) is 19.4 Å². The van der Waals surface area contributed by atoms with Crippen LogP contribution in [0.1, 0.15) is 155 Å². The van der Waals surface area contributed by atoms with Crippen LogP contribution in [0.15, 0.2) is 85.1 Å². The van der Waals surface area contributed by atoms with E-state index in [1.54, 1.807) is 0 Å². The lowest BCUT2D eigenvalue weighted by molar-refractivity contribution is -0.161. The van der Waals surface area contributed by atoms with Gasteiger partial charge in [-0.3, -0.25) is 23.4 Å². The molecule has 0 radical (unpaired) electrons. The Morgan fingerprint density at radius 2 is 0.931 bits per heavy atom. The van der Waals surface area contributed by atoms with Crippen molar-refractivity contribution in [3.8, 4) is 0 Å². The lowest BCUT2D eigenvalue weighted by Crippen LogP contribution is -2.34. The molecular weight excluding hydrogens is 757 g/mol. The fourth-order valence-corrected chi connectivity index (χ4v) is 5.96. The Labute approximate surface area is 350 Å². The molecule has 0 spiro atoms. The summed E-state index contributed by atoms with van der Waals surface area (Å²) in [4.78, 5) is 45.9. The molecule has 0 fully saturated rings. The topological polar surface area (TPSA) is 172 Å². The molecule has 0 aliphatic carbocycles. The van der Waals surface area contributed by atoms with Gasteiger partial charge in [0.05, 0.1) is 13.2 Å². The number of hydrogen-bond acceptors (Lipinski definition) is 9. The molecule has 330 valence electrons. The average molecular weight is 834 g/mol. The minimum absolute atomic E-state index is 0.119. The maximum atomic E-state index is 12.6. The number of carboxylic acid groups (broad SMARTS) is 1. The standard InChI is InChI=1S/C46H76NO10P/c1-3-5-7-9-11-13-15-17-19-21-23-25-27-29-31-33-35-37-44(48)54-39-42(40-55-58(52,53)56-41-43(47)46(50)51)57-45(49)38-36-34-32-30-28-26-24-22-20-18-16-14-12-10-8-6-4-2/h11-14,17-20,23-26,29,31,42-43H,3-10,15-16,21-22,27-28,30,32-41,47H2,1-2H3,(H,50,51)(H,52,53)/b13-11-,14-12-,19-17-,20-18-,25-23-,26-24-,31-29-/t42-,43+/m1/s1. The number of carbonyl (C=O) groups is 3. The zero-order chi connectivity index (χ0) is 42.8. The third-order valence-electron chi connectivity index (χ3n) is 8.62. The molecule has 0 rings (SSSR count). The highest BCUT2D eigenvalue weighted by atomic mass is 31.2. The van der Waals surface area contributed by atoms with Gasteiger partial charge in [0.2, 0.25) is 0 Å². The molecule has 12 heteroatoms. The van der Waals surface area contributed by atoms with E-state index in [9.17, 15) is 23.8 Å². The number of rotatable bonds is 39. The van der Waals surface area contributed by atoms with Crippen molar-refractivity contribution in [3.05, 3.63) is 85.1 Å². The monoisotopic (exact) mass is 834 g/mol. The van der Waals surface area contributed by atoms with E-state index in [1.807, 2.05) is 12.2 Å². The van der Waals surface area contributed by atoms with Crippen molar-refractivity contribution >= 4 is 25.7 Å². The van der Waals surface area contributed by atoms with Gasteiger partial charge in [-0.1, -0.05) is 137 Å². The summed E-state index contributed by atoms with van der Waals surface area (Å²) in [5.41, 5.74) is 5.33. The molecule has 0 aromatic rings. The molecule has 0 aromatic heterocycles. The van der Waals surface area contributed by atoms with E-state index >= 15 is 0 Å². The van der Waals surface area contributed by atoms with E-state index in [0.717, 1.165) is 70.6 Å². The van der Waals surface area contributed by atoms with Crippen LogP contribution in [0.5, 0.6) is 0 Å². The number of allylic oxidation sites excluding steroid dienone is 14. The summed E-state index contributed by atoms with van der Waals surface area (Å²) in [6.45, 7) is 2.65. The van der Waals surface area contributed by atoms with Gasteiger partial charge < -0.3 is 25.2 Å². The molecule has 3 atom stereocenters. The number of unbranched alkanes of at least 4 members (excludes halogenated alkanes) is 11. The summed E-state index contributed by atoms with van der Waals surface area (Å²) in [5, 5.41) is 8.89. The van der Waals surface area contributed by atoms with E-state index in [4.69, 9.17) is 24.8 Å². The largest absolute Gasteiger partial charge is 0.480 e. The molecule has 0 aliphatic heterocycles. The first-order chi connectivity index (χ1) is 28.1. The van der Waals surface area contributed by atoms with Crippen molar-refractivity contribution in [2.75, 3.05) is 19.8 Å². The van der Waals surface area contributed by atoms with Gasteiger partial charge in [0.25, 0.3) is 0 Å². The Balaban J connectivity index is 4.53. The number of ether oxygens (including phenoxy) is 2. The van der Waals surface area contributed by atoms with Crippen LogP contribution < -0.4 is 5.73 Å². The van der Waals surface area contributed by atoms with Gasteiger partial charge in [0, 0.05) is 12.8 Å². The summed E-state index contributed by atoms with van der Waals surface area (Å²) >= 11 is 0. The number of nitrogens with two attached hydrogens (primary N) is 1. The van der Waals surface area contributed by atoms with Crippen molar-refractivity contribution in [1.29, 1.82) is 0 Å². The van der Waals surface area contributed by atoms with Gasteiger partial charge in [0.15, 0.2) is 6.10 Å². The molecule has 0 aromatic carbocycles. The van der Waals surface area contributed by atoms with E-state index in [0.29, 0.717) is 19.3 Å². The van der Waals surface area contributed by atoms with E-state index in [2.05, 4.69) is 91.3 Å². The first-order valence-corrected chi connectivity index (χ1v) is 23.1. The van der Waals surface area contributed by atoms with Gasteiger partial charge in [-0.25, -0.2) is 4.57 Å². The maximum absolute atomic E-state index is 12.6. The predicted molar refractivity (Wildman–Crippen MR) is 235 cm³/mol. The van der Waals surface area contributed by atoms with E-state index < -0.39 is 51.1 Å². The van der Waals surface area contributed by atoms with Crippen molar-refractivity contribution < 1.29 is 47.5 Å². The van der Waals surface area contributed by atoms with Gasteiger partial charge in [-0.15, -0.1) is 0 Å². The van der Waals surface area contributed by atoms with Crippen molar-refractivity contribution in [3.63, 3.8) is 0 Å². The second kappa shape index (κ2) is 40.4. The fraction of sp³-hybridized carbons (Fsp3) is 0.630. The second-order valence-corrected chi connectivity index (χ2v) is 15.6. The van der Waals surface area contributed by atoms with Gasteiger partial charge in [0.1, 0.15) is 12.6 Å². The zero-order valence-corrected chi connectivity index (χ0v) is 36.5. The molecule has 1 unspecified atom stereocenters. The summed E-state index contributed by atoms with van der Waals surface area (Å²) < 4.78 is 32.6. The summed E-state index contributed by atoms with van der Waals surface area (Å²) in [6, 6.07) is -1.54. The normalized spacial score (nSPS) is 14.6. The number of phosphoric ester groups is 1. The lowest BCUT2D eigenvalue weighted by atomic mass is 10.1. The zero-order valence-electron chi connectivity index (χ0n) is 35.6. The predicted octanol–water partition coefficient (Wildman–Crippen LogP) is 11.5. The minimum atomic E-state index is -4.74. The number of aliphatic carboxylic acids is 1. The quantitative estimate of drug-likeness (QED) is 0.0233. The maximum Gasteiger partial charge on any atom is 0.472 e. The van der Waals surface area contributed by atoms with Crippen molar-refractivity contribution in [2.45, 2.75) is 167 Å². The number of carboxylic acids is 1. The van der Waals surface area contributed by atoms with Crippen molar-refractivity contribution in [2.24, 2.45) is 5.73 Å². The molecule has 58 heavy (non-hydrogen) atoms. The van der Waals surface area contributed by atoms with Crippen LogP contribution in [0.4, 0.5) is 0 Å². The van der Waals surface area contributed by atoms with Crippen LogP contribution >= 0.6 is 7.82 Å². The number of hydrogen-bond donors (Lipinski definition) is 3. The molecule has 0 saturated carbocycles. The average Bonchev–Trinajstić information content (AvgIpc) is 3.20. The first-order valence-electron chi connectivity index (χ1n) is 21.6. The Bertz CT molecular complexity index is 1300. The van der Waals surface area contributed by atoms with Crippen molar-refractivity contribution in [1.82, 2.24) is 0 Å². The highest BCUT2D eigenvalue weighted by Gasteiger charge is 2.28. The van der Waals surface area contributed by atoms with Gasteiger partial charge in [-0.05, 0) is 89.9 Å². The molecule has 0 bridgehead atoms. The highest BCUT2D eigenvalue weighted by molar-refractivity contribution is 7.47. The summed E-state index contributed by atoms with van der Waals surface area (Å²) in [5.74, 6) is -2.49. The first kappa shape index (κ1) is 54.7. The molecular formula is C46H76NO10P. The second-order valence-electron chi connectivity index (χ2n) is 14.1. The third kappa shape index (κ3) is 39.5. The van der Waals surface area contributed by atoms with E-state index in [1.165, 1.54) is 38.5 Å². The molecule has 0 saturated heterocycles. The van der Waals surface area contributed by atoms with Crippen LogP contribution in [-0.4, -0.2) is 59.9 Å². The van der Waals surface area contributed by atoms with Crippen LogP contribution in [0.25, 0.3) is 0 Å².